The molecule has 1 amide bonds. The van der Waals surface area contributed by atoms with Gasteiger partial charge in [0.15, 0.2) is 0 Å². The third-order valence-corrected chi connectivity index (χ3v) is 5.17. The zero-order chi connectivity index (χ0) is 19.0. The third kappa shape index (κ3) is 3.40. The highest BCUT2D eigenvalue weighted by Crippen LogP contribution is 2.32. The van der Waals surface area contributed by atoms with Crippen LogP contribution in [0.1, 0.15) is 28.4 Å². The van der Waals surface area contributed by atoms with Crippen molar-refractivity contribution in [2.24, 2.45) is 0 Å². The van der Waals surface area contributed by atoms with Crippen LogP contribution in [-0.4, -0.2) is 16.5 Å². The smallest absolute Gasteiger partial charge is 0.260 e. The van der Waals surface area contributed by atoms with E-state index in [1.54, 1.807) is 29.0 Å². The first-order chi connectivity index (χ1) is 13.0. The Hall–Kier alpha value is -2.85. The number of benzene rings is 2. The van der Waals surface area contributed by atoms with Crippen molar-refractivity contribution >= 4 is 23.2 Å². The molecule has 5 heteroatoms. The van der Waals surface area contributed by atoms with Crippen LogP contribution in [0.15, 0.2) is 71.7 Å². The zero-order valence-corrected chi connectivity index (χ0v) is 15.7. The Morgan fingerprint density at radius 3 is 2.59 bits per heavy atom. The van der Waals surface area contributed by atoms with Gasteiger partial charge in [-0.25, -0.2) is 0 Å². The van der Waals surface area contributed by atoms with Crippen LogP contribution in [0.25, 0.3) is 0 Å². The molecule has 4 rings (SSSR count). The fourth-order valence-electron chi connectivity index (χ4n) is 3.58. The quantitative estimate of drug-likeness (QED) is 0.687. The summed E-state index contributed by atoms with van der Waals surface area (Å²) in [6.07, 6.45) is 2.49. The van der Waals surface area contributed by atoms with Crippen molar-refractivity contribution in [3.8, 4) is 0 Å². The van der Waals surface area contributed by atoms with E-state index in [0.717, 1.165) is 17.7 Å². The molecule has 0 saturated heterocycles. The Morgan fingerprint density at radius 2 is 1.81 bits per heavy atom. The fraction of sp³-hybridized carbons (Fsp3) is 0.182. The first-order valence-electron chi connectivity index (χ1n) is 8.89. The zero-order valence-electron chi connectivity index (χ0n) is 14.9. The Bertz CT molecular complexity index is 1060. The second-order valence-electron chi connectivity index (χ2n) is 6.87. The molecule has 0 aliphatic carbocycles. The first-order valence-corrected chi connectivity index (χ1v) is 9.27. The van der Waals surface area contributed by atoms with Crippen molar-refractivity contribution in [3.63, 3.8) is 0 Å². The number of carbonyl (C=O) groups is 1. The topological polar surface area (TPSA) is 42.3 Å². The van der Waals surface area contributed by atoms with E-state index in [2.05, 4.69) is 6.07 Å². The summed E-state index contributed by atoms with van der Waals surface area (Å²) in [5.41, 5.74) is 3.44. The maximum absolute atomic E-state index is 13.2. The second-order valence-corrected chi connectivity index (χ2v) is 7.30. The molecular weight excluding hydrogens is 360 g/mol. The molecule has 0 N–H and O–H groups in total. The maximum Gasteiger partial charge on any atom is 0.260 e. The lowest BCUT2D eigenvalue weighted by Crippen LogP contribution is -2.36. The third-order valence-electron chi connectivity index (χ3n) is 4.92. The molecule has 1 aliphatic heterocycles. The van der Waals surface area contributed by atoms with E-state index < -0.39 is 0 Å². The van der Waals surface area contributed by atoms with Crippen molar-refractivity contribution in [1.29, 1.82) is 0 Å². The van der Waals surface area contributed by atoms with Gasteiger partial charge in [-0.3, -0.25) is 9.59 Å². The van der Waals surface area contributed by atoms with Crippen LogP contribution in [0.2, 0.25) is 5.02 Å². The van der Waals surface area contributed by atoms with E-state index in [1.807, 2.05) is 42.2 Å². The number of hydrogen-bond acceptors (Lipinski definition) is 2. The average Bonchev–Trinajstić information content (AvgIpc) is 3.00. The summed E-state index contributed by atoms with van der Waals surface area (Å²) in [6, 6.07) is 18.5. The van der Waals surface area contributed by atoms with Crippen molar-refractivity contribution in [2.75, 3.05) is 4.90 Å². The van der Waals surface area contributed by atoms with E-state index in [-0.39, 0.29) is 17.5 Å². The van der Waals surface area contributed by atoms with E-state index in [4.69, 9.17) is 11.6 Å². The highest BCUT2D eigenvalue weighted by molar-refractivity contribution is 6.30. The number of hydrogen-bond donors (Lipinski definition) is 0. The summed E-state index contributed by atoms with van der Waals surface area (Å²) in [5.74, 6) is -0.0858. The highest BCUT2D eigenvalue weighted by Gasteiger charge is 2.31. The van der Waals surface area contributed by atoms with E-state index in [0.29, 0.717) is 17.1 Å². The lowest BCUT2D eigenvalue weighted by molar-refractivity contribution is 0.0980. The standard InChI is InChI=1S/C22H19ClN2O2/c1-15-12-17-4-2-3-5-20(17)25(15)22(27)18-8-11-21(26)24(14-18)13-16-6-9-19(23)10-7-16/h2-11,14-15H,12-13H2,1H3/t15-/m0/s1. The number of rotatable bonds is 3. The number of amides is 1. The van der Waals surface area contributed by atoms with E-state index in [9.17, 15) is 9.59 Å². The number of halogens is 1. The number of pyridine rings is 1. The minimum Gasteiger partial charge on any atom is -0.310 e. The lowest BCUT2D eigenvalue weighted by atomic mass is 10.1. The van der Waals surface area contributed by atoms with Gasteiger partial charge in [-0.05, 0) is 48.7 Å². The largest absolute Gasteiger partial charge is 0.310 e. The lowest BCUT2D eigenvalue weighted by Gasteiger charge is -2.23. The van der Waals surface area contributed by atoms with Crippen LogP contribution in [0.4, 0.5) is 5.69 Å². The number of aromatic nitrogens is 1. The second kappa shape index (κ2) is 7.05. The number of para-hydroxylation sites is 1. The van der Waals surface area contributed by atoms with Crippen LogP contribution in [0, 0.1) is 0 Å². The Labute approximate surface area is 162 Å². The molecule has 3 aromatic rings. The van der Waals surface area contributed by atoms with Gasteiger partial charge in [-0.15, -0.1) is 0 Å². The van der Waals surface area contributed by atoms with Crippen molar-refractivity contribution < 1.29 is 4.79 Å². The van der Waals surface area contributed by atoms with Gasteiger partial charge in [0.25, 0.3) is 11.5 Å². The van der Waals surface area contributed by atoms with E-state index >= 15 is 0 Å². The number of carbonyl (C=O) groups excluding carboxylic acids is 1. The molecule has 0 saturated carbocycles. The molecule has 1 aromatic heterocycles. The van der Waals surface area contributed by atoms with Gasteiger partial charge in [0, 0.05) is 29.0 Å². The summed E-state index contributed by atoms with van der Waals surface area (Å²) >= 11 is 5.92. The molecule has 0 bridgehead atoms. The first kappa shape index (κ1) is 17.6. The van der Waals surface area contributed by atoms with Gasteiger partial charge in [0.05, 0.1) is 12.1 Å². The Morgan fingerprint density at radius 1 is 1.07 bits per heavy atom. The van der Waals surface area contributed by atoms with Crippen LogP contribution in [0.3, 0.4) is 0 Å². The highest BCUT2D eigenvalue weighted by atomic mass is 35.5. The molecular formula is C22H19ClN2O2. The van der Waals surface area contributed by atoms with Crippen LogP contribution in [-0.2, 0) is 13.0 Å². The molecule has 0 fully saturated rings. The van der Waals surface area contributed by atoms with Gasteiger partial charge < -0.3 is 9.47 Å². The van der Waals surface area contributed by atoms with Crippen LogP contribution >= 0.6 is 11.6 Å². The van der Waals surface area contributed by atoms with E-state index in [1.165, 1.54) is 11.6 Å². The SMILES string of the molecule is C[C@H]1Cc2ccccc2N1C(=O)c1ccc(=O)n(Cc2ccc(Cl)cc2)c1. The average molecular weight is 379 g/mol. The molecule has 1 aliphatic rings. The van der Waals surface area contributed by atoms with Gasteiger partial charge in [0.2, 0.25) is 0 Å². The van der Waals surface area contributed by atoms with Crippen LogP contribution < -0.4 is 10.5 Å². The van der Waals surface area contributed by atoms with Crippen molar-refractivity contribution in [1.82, 2.24) is 4.57 Å². The van der Waals surface area contributed by atoms with Crippen molar-refractivity contribution in [2.45, 2.75) is 25.9 Å². The fourth-order valence-corrected chi connectivity index (χ4v) is 3.71. The Kier molecular flexibility index (Phi) is 4.58. The van der Waals surface area contributed by atoms with Gasteiger partial charge in [-0.2, -0.15) is 0 Å². The number of fused-ring (bicyclic) bond motifs is 1. The number of anilines is 1. The molecule has 2 aromatic carbocycles. The van der Waals surface area contributed by atoms with Gasteiger partial charge in [0.1, 0.15) is 0 Å². The predicted octanol–water partition coefficient (Wildman–Crippen LogP) is 4.14. The molecule has 136 valence electrons. The molecule has 27 heavy (non-hydrogen) atoms. The molecule has 0 unspecified atom stereocenters. The minimum atomic E-state index is -0.142. The molecule has 2 heterocycles. The Balaban J connectivity index is 1.65. The summed E-state index contributed by atoms with van der Waals surface area (Å²) in [5, 5.41) is 0.650. The molecule has 1 atom stereocenters. The molecule has 0 spiro atoms. The van der Waals surface area contributed by atoms with Gasteiger partial charge in [-0.1, -0.05) is 41.9 Å². The summed E-state index contributed by atoms with van der Waals surface area (Å²) < 4.78 is 1.56. The van der Waals surface area contributed by atoms with Gasteiger partial charge >= 0.3 is 0 Å². The maximum atomic E-state index is 13.2. The summed E-state index contributed by atoms with van der Waals surface area (Å²) in [4.78, 5) is 27.3. The normalized spacial score (nSPS) is 15.6. The van der Waals surface area contributed by atoms with Crippen LogP contribution in [0.5, 0.6) is 0 Å². The molecule has 4 nitrogen and oxygen atoms in total. The monoisotopic (exact) mass is 378 g/mol. The minimum absolute atomic E-state index is 0.0858. The molecule has 0 radical (unpaired) electrons. The summed E-state index contributed by atoms with van der Waals surface area (Å²) in [6.45, 7) is 2.44. The summed E-state index contributed by atoms with van der Waals surface area (Å²) in [7, 11) is 0. The predicted molar refractivity (Wildman–Crippen MR) is 108 cm³/mol. The van der Waals surface area contributed by atoms with Crippen molar-refractivity contribution in [3.05, 3.63) is 98.9 Å². The number of nitrogens with zero attached hydrogens (tertiary/aromatic N) is 2.